The molecule has 0 radical (unpaired) electrons. The third-order valence-electron chi connectivity index (χ3n) is 2.54. The van der Waals surface area contributed by atoms with Crippen LogP contribution in [0.25, 0.3) is 0 Å². The average molecular weight is 343 g/mol. The zero-order valence-electron chi connectivity index (χ0n) is 10.3. The van der Waals surface area contributed by atoms with E-state index in [-0.39, 0.29) is 56.7 Å². The van der Waals surface area contributed by atoms with E-state index in [2.05, 4.69) is 0 Å². The number of nitrogens with zero attached hydrogens (tertiary/aromatic N) is 1. The van der Waals surface area contributed by atoms with Crippen LogP contribution in [-0.4, -0.2) is 39.7 Å². The Labute approximate surface area is 150 Å². The van der Waals surface area contributed by atoms with Gasteiger partial charge in [-0.1, -0.05) is 11.6 Å². The van der Waals surface area contributed by atoms with E-state index in [1.807, 2.05) is 0 Å². The fourth-order valence-corrected chi connectivity index (χ4v) is 1.75. The molecule has 0 fully saturated rings. The van der Waals surface area contributed by atoms with Gasteiger partial charge < -0.3 is 4.74 Å². The molecule has 0 amide bonds. The molecule has 0 aliphatic heterocycles. The van der Waals surface area contributed by atoms with Gasteiger partial charge in [-0.2, -0.15) is 13.2 Å². The fourth-order valence-electron chi connectivity index (χ4n) is 1.53. The van der Waals surface area contributed by atoms with Gasteiger partial charge in [0, 0.05) is 12.1 Å². The molecule has 2 aromatic carbocycles. The second kappa shape index (κ2) is 7.32. The van der Waals surface area contributed by atoms with Crippen LogP contribution in [0.2, 0.25) is 5.02 Å². The molecule has 0 aliphatic rings. The van der Waals surface area contributed by atoms with Crippen molar-refractivity contribution in [1.29, 1.82) is 0 Å². The van der Waals surface area contributed by atoms with Crippen LogP contribution in [0.15, 0.2) is 42.5 Å². The minimum atomic E-state index is -4.48. The third-order valence-corrected chi connectivity index (χ3v) is 2.84. The summed E-state index contributed by atoms with van der Waals surface area (Å²) in [5.74, 6) is 0.294. The third kappa shape index (κ3) is 4.61. The van der Waals surface area contributed by atoms with Crippen molar-refractivity contribution in [2.75, 3.05) is 0 Å². The van der Waals surface area contributed by atoms with Crippen LogP contribution in [-0.2, 0) is 6.18 Å². The number of hydrogen-bond acceptors (Lipinski definition) is 2. The Hall–Kier alpha value is -1.28. The summed E-state index contributed by atoms with van der Waals surface area (Å²) >= 11 is 5.74. The summed E-state index contributed by atoms with van der Waals surface area (Å²) in [6.07, 6.45) is -4.48. The Balaban J connectivity index is 0.00000242. The van der Waals surface area contributed by atoms with Gasteiger partial charge in [0.2, 0.25) is 0 Å². The van der Waals surface area contributed by atoms with E-state index in [0.29, 0.717) is 0 Å². The molecule has 4 nitrogen and oxygen atoms in total. The summed E-state index contributed by atoms with van der Waals surface area (Å²) in [6.45, 7) is 0. The summed E-state index contributed by atoms with van der Waals surface area (Å²) in [5, 5.41) is 8.47. The second-order valence-electron chi connectivity index (χ2n) is 4.01. The van der Waals surface area contributed by atoms with E-state index >= 15 is 0 Å². The van der Waals surface area contributed by atoms with Crippen molar-refractivity contribution in [3.8, 4) is 11.5 Å². The molecule has 0 spiro atoms. The van der Waals surface area contributed by atoms with Crippen LogP contribution in [0.4, 0.5) is 18.9 Å². The van der Waals surface area contributed by atoms with Gasteiger partial charge in [-0.3, -0.25) is 0 Å². The Morgan fingerprint density at radius 3 is 2.14 bits per heavy atom. The molecule has 1 N–H and O–H groups in total. The molecule has 0 aliphatic carbocycles. The molecule has 0 unspecified atom stereocenters. The number of ether oxygens (including phenoxy) is 1. The van der Waals surface area contributed by atoms with Gasteiger partial charge >= 0.3 is 41.4 Å². The van der Waals surface area contributed by atoms with Crippen LogP contribution in [0, 0.1) is 4.91 Å². The number of halogens is 4. The molecule has 2 rings (SSSR count). The van der Waals surface area contributed by atoms with Gasteiger partial charge in [0.15, 0.2) is 0 Å². The van der Waals surface area contributed by atoms with Gasteiger partial charge in [0.25, 0.3) is 4.92 Å². The van der Waals surface area contributed by atoms with Gasteiger partial charge in [0.05, 0.1) is 15.5 Å². The number of alkyl halides is 3. The van der Waals surface area contributed by atoms with E-state index in [1.165, 1.54) is 24.3 Å². The summed E-state index contributed by atoms with van der Waals surface area (Å²) in [5.41, 5.74) is -0.890. The van der Waals surface area contributed by atoms with Crippen molar-refractivity contribution in [2.24, 2.45) is 0 Å². The Bertz CT molecular complexity index is 677. The number of hydrogen-bond donors (Lipinski definition) is 1. The average Bonchev–Trinajstić information content (AvgIpc) is 2.40. The topological polar surface area (TPSA) is 49.5 Å². The van der Waals surface area contributed by atoms with Crippen LogP contribution in [0.5, 0.6) is 11.5 Å². The summed E-state index contributed by atoms with van der Waals surface area (Å²) < 4.78 is 42.8. The SMILES string of the molecule is O=[N+](O)c1ccc(Oc2ccc(C(F)(F)F)cc2Cl)cc1.[NaH]. The van der Waals surface area contributed by atoms with E-state index in [9.17, 15) is 18.1 Å². The summed E-state index contributed by atoms with van der Waals surface area (Å²) in [7, 11) is 0. The molecule has 0 heterocycles. The van der Waals surface area contributed by atoms with Crippen molar-refractivity contribution in [3.63, 3.8) is 0 Å². The Morgan fingerprint density at radius 1 is 1.09 bits per heavy atom. The van der Waals surface area contributed by atoms with Crippen LogP contribution in [0.3, 0.4) is 0 Å². The maximum atomic E-state index is 12.5. The molecule has 0 bridgehead atoms. The first-order chi connectivity index (χ1) is 9.77. The summed E-state index contributed by atoms with van der Waals surface area (Å²) in [6, 6.07) is 8.00. The standard InChI is InChI=1S/C13H8ClF3NO3.Na.H/c14-11-7-8(13(15,16)17)1-6-12(11)21-10-4-2-9(3-5-10)18(19)20;;/h1-7H,(H,19,20);;/q+1;;. The molecular weight excluding hydrogens is 334 g/mol. The van der Waals surface area contributed by atoms with E-state index in [4.69, 9.17) is 21.5 Å². The fraction of sp³-hybridized carbons (Fsp3) is 0.0769. The Morgan fingerprint density at radius 2 is 1.68 bits per heavy atom. The first-order valence-electron chi connectivity index (χ1n) is 5.58. The number of rotatable bonds is 3. The predicted molar refractivity (Wildman–Crippen MR) is 75.2 cm³/mol. The first kappa shape index (κ1) is 18.8. The van der Waals surface area contributed by atoms with E-state index in [1.54, 1.807) is 0 Å². The first-order valence-corrected chi connectivity index (χ1v) is 5.96. The van der Waals surface area contributed by atoms with Crippen LogP contribution in [0.1, 0.15) is 5.56 Å². The molecule has 0 saturated carbocycles. The maximum absolute atomic E-state index is 12.5. The zero-order valence-corrected chi connectivity index (χ0v) is 11.0. The second-order valence-corrected chi connectivity index (χ2v) is 4.42. The van der Waals surface area contributed by atoms with Gasteiger partial charge in [-0.15, -0.1) is 0 Å². The van der Waals surface area contributed by atoms with Gasteiger partial charge in [-0.25, -0.2) is 5.21 Å². The molecular formula is C13H9ClF3NNaO3+. The number of benzene rings is 2. The van der Waals surface area contributed by atoms with Crippen molar-refractivity contribution < 1.29 is 28.0 Å². The summed E-state index contributed by atoms with van der Waals surface area (Å²) in [4.78, 5) is 10.3. The normalized spacial score (nSPS) is 10.7. The molecule has 0 aromatic heterocycles. The molecule has 2 aromatic rings. The van der Waals surface area contributed by atoms with E-state index < -0.39 is 11.7 Å². The van der Waals surface area contributed by atoms with Gasteiger partial charge in [-0.05, 0) is 30.3 Å². The predicted octanol–water partition coefficient (Wildman–Crippen LogP) is 4.30. The molecule has 9 heteroatoms. The zero-order chi connectivity index (χ0) is 15.6. The quantitative estimate of drug-likeness (QED) is 0.668. The van der Waals surface area contributed by atoms with Crippen molar-refractivity contribution in [3.05, 3.63) is 58.0 Å². The van der Waals surface area contributed by atoms with Crippen molar-refractivity contribution >= 4 is 46.8 Å². The molecule has 0 saturated heterocycles. The van der Waals surface area contributed by atoms with E-state index in [0.717, 1.165) is 18.2 Å². The molecule has 112 valence electrons. The molecule has 0 atom stereocenters. The van der Waals surface area contributed by atoms with Crippen LogP contribution >= 0.6 is 11.6 Å². The van der Waals surface area contributed by atoms with Crippen LogP contribution < -0.4 is 4.74 Å². The Kier molecular flexibility index (Phi) is 6.25. The minimum absolute atomic E-state index is 0. The molecule has 22 heavy (non-hydrogen) atoms. The van der Waals surface area contributed by atoms with Crippen molar-refractivity contribution in [1.82, 2.24) is 0 Å². The van der Waals surface area contributed by atoms with Crippen molar-refractivity contribution in [2.45, 2.75) is 6.18 Å². The van der Waals surface area contributed by atoms with Gasteiger partial charge in [0.1, 0.15) is 11.5 Å². The monoisotopic (exact) mass is 342 g/mol.